The van der Waals surface area contributed by atoms with Gasteiger partial charge in [0.1, 0.15) is 5.75 Å². The summed E-state index contributed by atoms with van der Waals surface area (Å²) in [7, 11) is 1.59. The summed E-state index contributed by atoms with van der Waals surface area (Å²) < 4.78 is 10.2. The van der Waals surface area contributed by atoms with Crippen LogP contribution >= 0.6 is 24.0 Å². The number of rotatable bonds is 8. The molecular formula is C17H29IN4O3. The van der Waals surface area contributed by atoms with E-state index >= 15 is 0 Å². The number of guanidine groups is 1. The molecule has 1 aromatic rings. The number of nitrogens with one attached hydrogen (secondary N) is 2. The van der Waals surface area contributed by atoms with Gasteiger partial charge in [-0.3, -0.25) is 4.99 Å². The van der Waals surface area contributed by atoms with Gasteiger partial charge in [0.05, 0.1) is 32.0 Å². The molecule has 25 heavy (non-hydrogen) atoms. The maximum absolute atomic E-state index is 11.6. The molecule has 0 heterocycles. The van der Waals surface area contributed by atoms with E-state index in [-0.39, 0.29) is 36.0 Å². The molecule has 0 saturated carbocycles. The number of methoxy groups -OCH3 is 1. The molecule has 0 aliphatic heterocycles. The topological polar surface area (TPSA) is 98.0 Å². The van der Waals surface area contributed by atoms with E-state index < -0.39 is 6.09 Å². The summed E-state index contributed by atoms with van der Waals surface area (Å²) in [5.41, 5.74) is 6.67. The van der Waals surface area contributed by atoms with Gasteiger partial charge in [0, 0.05) is 0 Å². The molecule has 1 rings (SSSR count). The Morgan fingerprint density at radius 2 is 2.00 bits per heavy atom. The second-order valence-corrected chi connectivity index (χ2v) is 5.74. The molecule has 4 N–H and O–H groups in total. The lowest BCUT2D eigenvalue weighted by Crippen LogP contribution is -2.39. The molecule has 0 aliphatic carbocycles. The molecule has 0 spiro atoms. The lowest BCUT2D eigenvalue weighted by molar-refractivity contribution is 0.147. The summed E-state index contributed by atoms with van der Waals surface area (Å²) in [5.74, 6) is 1.36. The maximum Gasteiger partial charge on any atom is 0.407 e. The standard InChI is InChI=1S/C17H28N4O3.HI/c1-5-24-17(22)20-13(10-12(2)3)11-19-16(18)21-14-8-6-7-9-15(14)23-4;/h6-9,12-13H,5,10-11H2,1-4H3,(H,20,22)(H3,18,19,21);1H. The van der Waals surface area contributed by atoms with Crippen LogP contribution in [0.25, 0.3) is 0 Å². The first-order valence-corrected chi connectivity index (χ1v) is 8.09. The Kier molecular flexibility index (Phi) is 11.8. The zero-order chi connectivity index (χ0) is 17.9. The van der Waals surface area contributed by atoms with Crippen molar-refractivity contribution in [3.63, 3.8) is 0 Å². The maximum atomic E-state index is 11.6. The highest BCUT2D eigenvalue weighted by molar-refractivity contribution is 14.0. The molecule has 0 aliphatic rings. The van der Waals surface area contributed by atoms with Crippen LogP contribution in [0, 0.1) is 5.92 Å². The molecule has 0 saturated heterocycles. The molecule has 1 amide bonds. The number of nitrogens with zero attached hydrogens (tertiary/aromatic N) is 1. The quantitative estimate of drug-likeness (QED) is 0.312. The third-order valence-corrected chi connectivity index (χ3v) is 3.21. The Morgan fingerprint density at radius 1 is 1.32 bits per heavy atom. The molecule has 1 unspecified atom stereocenters. The smallest absolute Gasteiger partial charge is 0.407 e. The normalized spacial score (nSPS) is 12.1. The monoisotopic (exact) mass is 464 g/mol. The van der Waals surface area contributed by atoms with E-state index in [2.05, 4.69) is 29.5 Å². The number of para-hydroxylation sites is 2. The predicted molar refractivity (Wildman–Crippen MR) is 112 cm³/mol. The molecule has 0 radical (unpaired) electrons. The van der Waals surface area contributed by atoms with Gasteiger partial charge >= 0.3 is 6.09 Å². The fourth-order valence-corrected chi connectivity index (χ4v) is 2.22. The Labute approximate surface area is 166 Å². The van der Waals surface area contributed by atoms with E-state index in [0.29, 0.717) is 24.8 Å². The molecule has 0 aromatic heterocycles. The van der Waals surface area contributed by atoms with Crippen molar-refractivity contribution in [3.05, 3.63) is 24.3 Å². The first-order chi connectivity index (χ1) is 11.5. The number of anilines is 1. The number of carbonyl (C=O) groups excluding carboxylic acids is 1. The van der Waals surface area contributed by atoms with E-state index in [0.717, 1.165) is 12.1 Å². The molecule has 142 valence electrons. The minimum atomic E-state index is -0.436. The fraction of sp³-hybridized carbons (Fsp3) is 0.529. The number of hydrogen-bond donors (Lipinski definition) is 3. The van der Waals surface area contributed by atoms with Gasteiger partial charge in [-0.15, -0.1) is 24.0 Å². The van der Waals surface area contributed by atoms with Crippen molar-refractivity contribution < 1.29 is 14.3 Å². The van der Waals surface area contributed by atoms with E-state index in [4.69, 9.17) is 15.2 Å². The van der Waals surface area contributed by atoms with Crippen LogP contribution in [0.5, 0.6) is 5.75 Å². The Bertz CT molecular complexity index is 552. The average molecular weight is 464 g/mol. The zero-order valence-electron chi connectivity index (χ0n) is 15.2. The summed E-state index contributed by atoms with van der Waals surface area (Å²) in [6.07, 6.45) is 0.346. The Hall–Kier alpha value is -1.71. The molecule has 7 nitrogen and oxygen atoms in total. The summed E-state index contributed by atoms with van der Waals surface area (Å²) >= 11 is 0. The average Bonchev–Trinajstić information content (AvgIpc) is 2.53. The van der Waals surface area contributed by atoms with Gasteiger partial charge in [-0.1, -0.05) is 26.0 Å². The van der Waals surface area contributed by atoms with Gasteiger partial charge in [0.25, 0.3) is 0 Å². The first kappa shape index (κ1) is 23.3. The number of halogens is 1. The summed E-state index contributed by atoms with van der Waals surface area (Å²) in [6.45, 7) is 6.64. The van der Waals surface area contributed by atoms with Crippen LogP contribution in [0.1, 0.15) is 27.2 Å². The predicted octanol–water partition coefficient (Wildman–Crippen LogP) is 3.20. The molecule has 8 heteroatoms. The van der Waals surface area contributed by atoms with Crippen LogP contribution in [0.3, 0.4) is 0 Å². The minimum Gasteiger partial charge on any atom is -0.495 e. The van der Waals surface area contributed by atoms with Gasteiger partial charge < -0.3 is 25.8 Å². The highest BCUT2D eigenvalue weighted by atomic mass is 127. The van der Waals surface area contributed by atoms with Gasteiger partial charge in [0.15, 0.2) is 5.96 Å². The highest BCUT2D eigenvalue weighted by Crippen LogP contribution is 2.22. The van der Waals surface area contributed by atoms with Crippen LogP contribution in [0.2, 0.25) is 0 Å². The first-order valence-electron chi connectivity index (χ1n) is 8.09. The van der Waals surface area contributed by atoms with E-state index in [1.165, 1.54) is 0 Å². The summed E-state index contributed by atoms with van der Waals surface area (Å²) in [6, 6.07) is 7.30. The van der Waals surface area contributed by atoms with Crippen LogP contribution < -0.4 is 21.1 Å². The van der Waals surface area contributed by atoms with E-state index in [9.17, 15) is 4.79 Å². The number of ether oxygens (including phenoxy) is 2. The van der Waals surface area contributed by atoms with Gasteiger partial charge in [-0.05, 0) is 31.4 Å². The van der Waals surface area contributed by atoms with Crippen molar-refractivity contribution in [1.29, 1.82) is 0 Å². The molecule has 1 atom stereocenters. The van der Waals surface area contributed by atoms with Crippen LogP contribution in [-0.2, 0) is 4.74 Å². The number of nitrogens with two attached hydrogens (primary N) is 1. The Morgan fingerprint density at radius 3 is 2.60 bits per heavy atom. The van der Waals surface area contributed by atoms with Crippen molar-refractivity contribution in [1.82, 2.24) is 5.32 Å². The number of amides is 1. The van der Waals surface area contributed by atoms with Gasteiger partial charge in [0.2, 0.25) is 0 Å². The lowest BCUT2D eigenvalue weighted by atomic mass is 10.0. The van der Waals surface area contributed by atoms with Crippen molar-refractivity contribution in [2.45, 2.75) is 33.2 Å². The fourth-order valence-electron chi connectivity index (χ4n) is 2.22. The number of aliphatic imine (C=N–C) groups is 1. The third-order valence-electron chi connectivity index (χ3n) is 3.21. The number of alkyl carbamates (subject to hydrolysis) is 1. The SMILES string of the molecule is CCOC(=O)NC(CN=C(N)Nc1ccccc1OC)CC(C)C.I. The van der Waals surface area contributed by atoms with E-state index in [1.807, 2.05) is 24.3 Å². The summed E-state index contributed by atoms with van der Waals surface area (Å²) in [5, 5.41) is 5.82. The van der Waals surface area contributed by atoms with Crippen molar-refractivity contribution in [2.24, 2.45) is 16.6 Å². The minimum absolute atomic E-state index is 0. The number of benzene rings is 1. The molecule has 1 aromatic carbocycles. The third kappa shape index (κ3) is 9.37. The molecule has 0 bridgehead atoms. The van der Waals surface area contributed by atoms with Crippen LogP contribution in [0.4, 0.5) is 10.5 Å². The number of hydrogen-bond acceptors (Lipinski definition) is 4. The summed E-state index contributed by atoms with van der Waals surface area (Å²) in [4.78, 5) is 15.9. The molecule has 0 fully saturated rings. The van der Waals surface area contributed by atoms with Gasteiger partial charge in [-0.2, -0.15) is 0 Å². The van der Waals surface area contributed by atoms with Gasteiger partial charge in [-0.25, -0.2) is 4.79 Å². The van der Waals surface area contributed by atoms with Crippen molar-refractivity contribution in [2.75, 3.05) is 25.6 Å². The molecular weight excluding hydrogens is 435 g/mol. The second-order valence-electron chi connectivity index (χ2n) is 5.74. The largest absolute Gasteiger partial charge is 0.495 e. The Balaban J connectivity index is 0.00000576. The van der Waals surface area contributed by atoms with Crippen LogP contribution in [0.15, 0.2) is 29.3 Å². The zero-order valence-corrected chi connectivity index (χ0v) is 17.6. The van der Waals surface area contributed by atoms with Crippen LogP contribution in [-0.4, -0.2) is 38.4 Å². The van der Waals surface area contributed by atoms with Crippen molar-refractivity contribution >= 4 is 41.7 Å². The highest BCUT2D eigenvalue weighted by Gasteiger charge is 2.14. The van der Waals surface area contributed by atoms with E-state index in [1.54, 1.807) is 14.0 Å². The lowest BCUT2D eigenvalue weighted by Gasteiger charge is -2.19. The number of carbonyl (C=O) groups is 1. The second kappa shape index (κ2) is 12.6. The van der Waals surface area contributed by atoms with Crippen molar-refractivity contribution in [3.8, 4) is 5.75 Å².